The lowest BCUT2D eigenvalue weighted by Crippen LogP contribution is -2.26. The standard InChI is InChI=1S/C22H23N5O/c1-14-5-4-10-27(14)16-7-3-6-15(11-16)24-22-21-19(13-23-26-21)18-12-17(28-2)8-9-20(18)25-22/h3,6-9,11-14H,4-5,10H2,1-2H3,(H,23,26)(H,24,25). The van der Waals surface area contributed by atoms with Crippen LogP contribution in [-0.2, 0) is 0 Å². The number of anilines is 3. The van der Waals surface area contributed by atoms with Crippen LogP contribution in [0.3, 0.4) is 0 Å². The minimum atomic E-state index is 0.586. The molecule has 0 saturated carbocycles. The molecule has 0 amide bonds. The molecule has 5 rings (SSSR count). The number of nitrogens with one attached hydrogen (secondary N) is 2. The average Bonchev–Trinajstić information content (AvgIpc) is 3.37. The Bertz CT molecular complexity index is 1150. The van der Waals surface area contributed by atoms with Gasteiger partial charge in [-0.3, -0.25) is 5.10 Å². The Balaban J connectivity index is 1.55. The van der Waals surface area contributed by atoms with Crippen LogP contribution in [0.15, 0.2) is 48.7 Å². The molecule has 6 heteroatoms. The number of aromatic amines is 1. The Hall–Kier alpha value is -3.28. The zero-order chi connectivity index (χ0) is 19.1. The van der Waals surface area contributed by atoms with E-state index in [-0.39, 0.29) is 0 Å². The fraction of sp³-hybridized carbons (Fsp3) is 0.273. The molecule has 1 saturated heterocycles. The molecule has 0 bridgehead atoms. The number of rotatable bonds is 4. The van der Waals surface area contributed by atoms with E-state index in [1.807, 2.05) is 24.4 Å². The molecule has 2 N–H and O–H groups in total. The maximum Gasteiger partial charge on any atom is 0.157 e. The normalized spacial score (nSPS) is 16.8. The Morgan fingerprint density at radius 2 is 2.11 bits per heavy atom. The van der Waals surface area contributed by atoms with Crippen molar-refractivity contribution < 1.29 is 4.74 Å². The molecule has 0 spiro atoms. The highest BCUT2D eigenvalue weighted by Gasteiger charge is 2.20. The Morgan fingerprint density at radius 3 is 2.93 bits per heavy atom. The van der Waals surface area contributed by atoms with Crippen LogP contribution in [0.1, 0.15) is 19.8 Å². The number of aromatic nitrogens is 3. The molecular formula is C22H23N5O. The smallest absolute Gasteiger partial charge is 0.157 e. The summed E-state index contributed by atoms with van der Waals surface area (Å²) in [4.78, 5) is 7.31. The van der Waals surface area contributed by atoms with E-state index in [4.69, 9.17) is 9.72 Å². The van der Waals surface area contributed by atoms with Crippen molar-refractivity contribution in [2.75, 3.05) is 23.9 Å². The van der Waals surface area contributed by atoms with Gasteiger partial charge < -0.3 is 15.0 Å². The van der Waals surface area contributed by atoms with Crippen LogP contribution in [0.5, 0.6) is 5.75 Å². The number of H-pyrrole nitrogens is 1. The lowest BCUT2D eigenvalue weighted by atomic mass is 10.1. The van der Waals surface area contributed by atoms with Crippen LogP contribution < -0.4 is 15.0 Å². The summed E-state index contributed by atoms with van der Waals surface area (Å²) in [6, 6.07) is 15.0. The summed E-state index contributed by atoms with van der Waals surface area (Å²) in [6.45, 7) is 3.41. The van der Waals surface area contributed by atoms with Gasteiger partial charge in [-0.2, -0.15) is 5.10 Å². The number of nitrogens with zero attached hydrogens (tertiary/aromatic N) is 3. The fourth-order valence-corrected chi connectivity index (χ4v) is 4.11. The van der Waals surface area contributed by atoms with Crippen molar-refractivity contribution in [1.29, 1.82) is 0 Å². The van der Waals surface area contributed by atoms with E-state index in [0.29, 0.717) is 6.04 Å². The van der Waals surface area contributed by atoms with E-state index in [1.54, 1.807) is 7.11 Å². The summed E-state index contributed by atoms with van der Waals surface area (Å²) in [5.41, 5.74) is 4.07. The number of pyridine rings is 1. The van der Waals surface area contributed by atoms with Gasteiger partial charge in [0, 0.05) is 34.7 Å². The van der Waals surface area contributed by atoms with Gasteiger partial charge in [0.2, 0.25) is 0 Å². The van der Waals surface area contributed by atoms with E-state index in [9.17, 15) is 0 Å². The van der Waals surface area contributed by atoms with Gasteiger partial charge in [0.25, 0.3) is 0 Å². The van der Waals surface area contributed by atoms with Crippen LogP contribution in [-0.4, -0.2) is 34.9 Å². The second-order valence-electron chi connectivity index (χ2n) is 7.36. The maximum atomic E-state index is 5.37. The number of ether oxygens (including phenoxy) is 1. The third kappa shape index (κ3) is 2.81. The molecule has 1 aliphatic heterocycles. The van der Waals surface area contributed by atoms with Crippen molar-refractivity contribution in [2.24, 2.45) is 0 Å². The monoisotopic (exact) mass is 373 g/mol. The van der Waals surface area contributed by atoms with Crippen LogP contribution >= 0.6 is 0 Å². The molecule has 1 atom stereocenters. The predicted molar refractivity (Wildman–Crippen MR) is 114 cm³/mol. The minimum Gasteiger partial charge on any atom is -0.497 e. The molecule has 6 nitrogen and oxygen atoms in total. The van der Waals surface area contributed by atoms with E-state index in [0.717, 1.165) is 45.6 Å². The summed E-state index contributed by atoms with van der Waals surface area (Å²) in [6.07, 6.45) is 4.34. The summed E-state index contributed by atoms with van der Waals surface area (Å²) in [5, 5.41) is 12.9. The third-order valence-corrected chi connectivity index (χ3v) is 5.60. The van der Waals surface area contributed by atoms with Crippen LogP contribution in [0, 0.1) is 0 Å². The zero-order valence-corrected chi connectivity index (χ0v) is 16.1. The summed E-state index contributed by atoms with van der Waals surface area (Å²) in [5.74, 6) is 1.58. The maximum absolute atomic E-state index is 5.37. The van der Waals surface area contributed by atoms with Crippen molar-refractivity contribution in [3.05, 3.63) is 48.7 Å². The van der Waals surface area contributed by atoms with Crippen molar-refractivity contribution in [3.8, 4) is 5.75 Å². The molecule has 1 unspecified atom stereocenters. The van der Waals surface area contributed by atoms with Crippen molar-refractivity contribution in [1.82, 2.24) is 15.2 Å². The largest absolute Gasteiger partial charge is 0.497 e. The summed E-state index contributed by atoms with van der Waals surface area (Å²) < 4.78 is 5.37. The van der Waals surface area contributed by atoms with E-state index >= 15 is 0 Å². The summed E-state index contributed by atoms with van der Waals surface area (Å²) in [7, 11) is 1.67. The number of benzene rings is 2. The number of hydrogen-bond donors (Lipinski definition) is 2. The van der Waals surface area contributed by atoms with Crippen LogP contribution in [0.2, 0.25) is 0 Å². The van der Waals surface area contributed by atoms with E-state index in [1.165, 1.54) is 18.5 Å². The number of hydrogen-bond acceptors (Lipinski definition) is 5. The second-order valence-corrected chi connectivity index (χ2v) is 7.36. The van der Waals surface area contributed by atoms with Crippen molar-refractivity contribution in [3.63, 3.8) is 0 Å². The number of methoxy groups -OCH3 is 1. The van der Waals surface area contributed by atoms with Gasteiger partial charge in [0.05, 0.1) is 18.8 Å². The Labute approximate surface area is 163 Å². The number of fused-ring (bicyclic) bond motifs is 3. The molecule has 3 heterocycles. The van der Waals surface area contributed by atoms with Gasteiger partial charge in [-0.05, 0) is 56.2 Å². The first kappa shape index (κ1) is 16.9. The highest BCUT2D eigenvalue weighted by Crippen LogP contribution is 2.33. The molecule has 2 aromatic carbocycles. The Morgan fingerprint density at radius 1 is 1.18 bits per heavy atom. The first-order chi connectivity index (χ1) is 13.7. The Kier molecular flexibility index (Phi) is 4.04. The van der Waals surface area contributed by atoms with Gasteiger partial charge in [0.1, 0.15) is 11.3 Å². The minimum absolute atomic E-state index is 0.586. The molecule has 1 fully saturated rings. The van der Waals surface area contributed by atoms with E-state index < -0.39 is 0 Å². The third-order valence-electron chi connectivity index (χ3n) is 5.60. The van der Waals surface area contributed by atoms with E-state index in [2.05, 4.69) is 51.6 Å². The molecule has 28 heavy (non-hydrogen) atoms. The highest BCUT2D eigenvalue weighted by atomic mass is 16.5. The van der Waals surface area contributed by atoms with Gasteiger partial charge in [-0.15, -0.1) is 0 Å². The summed E-state index contributed by atoms with van der Waals surface area (Å²) >= 11 is 0. The SMILES string of the molecule is COc1ccc2nc(Nc3cccc(N4CCCC4C)c3)c3[nH]ncc3c2c1. The quantitative estimate of drug-likeness (QED) is 0.535. The molecule has 4 aromatic rings. The van der Waals surface area contributed by atoms with Gasteiger partial charge >= 0.3 is 0 Å². The molecule has 2 aromatic heterocycles. The first-order valence-corrected chi connectivity index (χ1v) is 9.67. The lowest BCUT2D eigenvalue weighted by Gasteiger charge is -2.24. The molecule has 0 aliphatic carbocycles. The first-order valence-electron chi connectivity index (χ1n) is 9.67. The lowest BCUT2D eigenvalue weighted by molar-refractivity contribution is 0.415. The van der Waals surface area contributed by atoms with Gasteiger partial charge in [-0.1, -0.05) is 6.07 Å². The van der Waals surface area contributed by atoms with Crippen molar-refractivity contribution in [2.45, 2.75) is 25.8 Å². The molecule has 1 aliphatic rings. The molecular weight excluding hydrogens is 350 g/mol. The average molecular weight is 373 g/mol. The predicted octanol–water partition coefficient (Wildman–Crippen LogP) is 4.85. The highest BCUT2D eigenvalue weighted by molar-refractivity contribution is 6.09. The zero-order valence-electron chi connectivity index (χ0n) is 16.1. The molecule has 0 radical (unpaired) electrons. The van der Waals surface area contributed by atoms with Crippen molar-refractivity contribution >= 4 is 39.0 Å². The van der Waals surface area contributed by atoms with Crippen LogP contribution in [0.4, 0.5) is 17.2 Å². The topological polar surface area (TPSA) is 66.1 Å². The molecule has 142 valence electrons. The van der Waals surface area contributed by atoms with Gasteiger partial charge in [0.15, 0.2) is 5.82 Å². The van der Waals surface area contributed by atoms with Gasteiger partial charge in [-0.25, -0.2) is 4.98 Å². The fourth-order valence-electron chi connectivity index (χ4n) is 4.11. The second kappa shape index (κ2) is 6.71. The van der Waals surface area contributed by atoms with Crippen LogP contribution in [0.25, 0.3) is 21.8 Å².